The highest BCUT2D eigenvalue weighted by molar-refractivity contribution is 5.87. The highest BCUT2D eigenvalue weighted by Crippen LogP contribution is 2.06. The maximum Gasteiger partial charge on any atom is 0.328 e. The van der Waals surface area contributed by atoms with Crippen LogP contribution in [0.25, 0.3) is 0 Å². The van der Waals surface area contributed by atoms with E-state index in [0.29, 0.717) is 6.42 Å². The van der Waals surface area contributed by atoms with Crippen LogP contribution >= 0.6 is 0 Å². The molecule has 0 spiro atoms. The third-order valence-electron chi connectivity index (χ3n) is 2.42. The Balaban J connectivity index is 2.42. The normalized spacial score (nSPS) is 23.1. The van der Waals surface area contributed by atoms with Crippen molar-refractivity contribution in [2.75, 3.05) is 13.2 Å². The number of aliphatic hydroxyl groups excluding tert-OH is 1. The van der Waals surface area contributed by atoms with Gasteiger partial charge in [0, 0.05) is 0 Å². The predicted octanol–water partition coefficient (Wildman–Crippen LogP) is -1.31. The van der Waals surface area contributed by atoms with E-state index in [1.165, 1.54) is 0 Å². The minimum absolute atomic E-state index is 0.327. The summed E-state index contributed by atoms with van der Waals surface area (Å²) in [6, 6.07) is -1.53. The number of carbonyl (C=O) groups is 2. The maximum atomic E-state index is 11.5. The van der Waals surface area contributed by atoms with Gasteiger partial charge in [-0.15, -0.1) is 0 Å². The van der Waals surface area contributed by atoms with Gasteiger partial charge in [-0.05, 0) is 19.4 Å². The molecule has 1 aliphatic heterocycles. The summed E-state index contributed by atoms with van der Waals surface area (Å²) >= 11 is 0. The largest absolute Gasteiger partial charge is 0.480 e. The van der Waals surface area contributed by atoms with Crippen molar-refractivity contribution in [2.45, 2.75) is 31.3 Å². The van der Waals surface area contributed by atoms with Crippen molar-refractivity contribution < 1.29 is 19.8 Å². The second kappa shape index (κ2) is 5.67. The van der Waals surface area contributed by atoms with Crippen LogP contribution in [0.3, 0.4) is 0 Å². The molecule has 15 heavy (non-hydrogen) atoms. The number of amides is 1. The van der Waals surface area contributed by atoms with Gasteiger partial charge in [0.25, 0.3) is 0 Å². The standard InChI is InChI=1S/C9H16N2O4/c12-5-7(9(14)15)11-8(13)6-3-1-2-4-10-6/h6-7,10,12H,1-5H2,(H,11,13)(H,14,15)/t6?,7-/m1/s1. The van der Waals surface area contributed by atoms with Crippen molar-refractivity contribution in [1.82, 2.24) is 10.6 Å². The zero-order chi connectivity index (χ0) is 11.3. The van der Waals surface area contributed by atoms with Crippen LogP contribution in [-0.2, 0) is 9.59 Å². The number of hydrogen-bond acceptors (Lipinski definition) is 4. The second-order valence-electron chi connectivity index (χ2n) is 3.58. The summed E-state index contributed by atoms with van der Waals surface area (Å²) in [5, 5.41) is 22.6. The molecular formula is C9H16N2O4. The average molecular weight is 216 g/mol. The molecule has 1 unspecified atom stereocenters. The summed E-state index contributed by atoms with van der Waals surface area (Å²) in [4.78, 5) is 22.1. The van der Waals surface area contributed by atoms with E-state index in [4.69, 9.17) is 10.2 Å². The molecule has 86 valence electrons. The SMILES string of the molecule is O=C(N[C@H](CO)C(=O)O)C1CCCCN1. The summed E-state index contributed by atoms with van der Waals surface area (Å²) in [7, 11) is 0. The Hall–Kier alpha value is -1.14. The Morgan fingerprint density at radius 2 is 2.20 bits per heavy atom. The zero-order valence-electron chi connectivity index (χ0n) is 8.40. The van der Waals surface area contributed by atoms with Crippen molar-refractivity contribution in [2.24, 2.45) is 0 Å². The molecule has 0 aromatic heterocycles. The fraction of sp³-hybridized carbons (Fsp3) is 0.778. The van der Waals surface area contributed by atoms with Gasteiger partial charge < -0.3 is 20.8 Å². The molecule has 0 radical (unpaired) electrons. The molecule has 1 aliphatic rings. The van der Waals surface area contributed by atoms with Crippen molar-refractivity contribution in [3.8, 4) is 0 Å². The van der Waals surface area contributed by atoms with E-state index in [-0.39, 0.29) is 11.9 Å². The van der Waals surface area contributed by atoms with Crippen molar-refractivity contribution in [3.05, 3.63) is 0 Å². The van der Waals surface area contributed by atoms with Crippen LogP contribution in [0.4, 0.5) is 0 Å². The fourth-order valence-corrected chi connectivity index (χ4v) is 1.53. The molecule has 4 N–H and O–H groups in total. The van der Waals surface area contributed by atoms with Crippen LogP contribution in [0.5, 0.6) is 0 Å². The first-order valence-electron chi connectivity index (χ1n) is 5.02. The Morgan fingerprint density at radius 3 is 2.67 bits per heavy atom. The number of aliphatic hydroxyl groups is 1. The second-order valence-corrected chi connectivity index (χ2v) is 3.58. The highest BCUT2D eigenvalue weighted by atomic mass is 16.4. The molecule has 0 aliphatic carbocycles. The van der Waals surface area contributed by atoms with Gasteiger partial charge in [0.1, 0.15) is 6.04 Å². The molecule has 1 amide bonds. The number of carboxylic acids is 1. The van der Waals surface area contributed by atoms with E-state index in [0.717, 1.165) is 19.4 Å². The van der Waals surface area contributed by atoms with Crippen LogP contribution in [0.2, 0.25) is 0 Å². The van der Waals surface area contributed by atoms with Crippen LogP contribution in [0.1, 0.15) is 19.3 Å². The molecule has 1 rings (SSSR count). The average Bonchev–Trinajstić information content (AvgIpc) is 2.26. The van der Waals surface area contributed by atoms with Gasteiger partial charge in [0.05, 0.1) is 12.6 Å². The molecule has 1 saturated heterocycles. The molecule has 6 heteroatoms. The molecule has 0 aromatic rings. The van der Waals surface area contributed by atoms with E-state index in [9.17, 15) is 9.59 Å². The third-order valence-corrected chi connectivity index (χ3v) is 2.42. The number of rotatable bonds is 4. The summed E-state index contributed by atoms with van der Waals surface area (Å²) in [6.07, 6.45) is 2.71. The van der Waals surface area contributed by atoms with E-state index < -0.39 is 18.6 Å². The lowest BCUT2D eigenvalue weighted by Crippen LogP contribution is -2.52. The van der Waals surface area contributed by atoms with Gasteiger partial charge in [0.2, 0.25) is 5.91 Å². The molecule has 0 saturated carbocycles. The van der Waals surface area contributed by atoms with Crippen LogP contribution in [0, 0.1) is 0 Å². The summed E-state index contributed by atoms with van der Waals surface area (Å²) in [6.45, 7) is 0.183. The Kier molecular flexibility index (Phi) is 4.51. The highest BCUT2D eigenvalue weighted by Gasteiger charge is 2.25. The Morgan fingerprint density at radius 1 is 1.47 bits per heavy atom. The molecule has 1 heterocycles. The quantitative estimate of drug-likeness (QED) is 0.467. The van der Waals surface area contributed by atoms with E-state index in [1.54, 1.807) is 0 Å². The monoisotopic (exact) mass is 216 g/mol. The molecular weight excluding hydrogens is 200 g/mol. The fourth-order valence-electron chi connectivity index (χ4n) is 1.53. The number of aliphatic carboxylic acids is 1. The molecule has 1 fully saturated rings. The van der Waals surface area contributed by atoms with E-state index in [1.807, 2.05) is 0 Å². The van der Waals surface area contributed by atoms with Crippen LogP contribution in [0.15, 0.2) is 0 Å². The van der Waals surface area contributed by atoms with Gasteiger partial charge in [0.15, 0.2) is 0 Å². The molecule has 2 atom stereocenters. The van der Waals surface area contributed by atoms with Crippen molar-refractivity contribution >= 4 is 11.9 Å². The van der Waals surface area contributed by atoms with Crippen molar-refractivity contribution in [3.63, 3.8) is 0 Å². The van der Waals surface area contributed by atoms with Crippen molar-refractivity contribution in [1.29, 1.82) is 0 Å². The van der Waals surface area contributed by atoms with E-state index >= 15 is 0 Å². The minimum Gasteiger partial charge on any atom is -0.480 e. The lowest BCUT2D eigenvalue weighted by Gasteiger charge is -2.23. The van der Waals surface area contributed by atoms with Gasteiger partial charge in [-0.3, -0.25) is 4.79 Å². The minimum atomic E-state index is -1.22. The zero-order valence-corrected chi connectivity index (χ0v) is 8.40. The van der Waals surface area contributed by atoms with E-state index in [2.05, 4.69) is 10.6 Å². The lowest BCUT2D eigenvalue weighted by molar-refractivity contribution is -0.143. The molecule has 0 aromatic carbocycles. The smallest absolute Gasteiger partial charge is 0.328 e. The number of piperidine rings is 1. The number of carboxylic acid groups (broad SMARTS) is 1. The summed E-state index contributed by atoms with van der Waals surface area (Å²) < 4.78 is 0. The third kappa shape index (κ3) is 3.49. The lowest BCUT2D eigenvalue weighted by atomic mass is 10.0. The number of nitrogens with one attached hydrogen (secondary N) is 2. The van der Waals surface area contributed by atoms with Gasteiger partial charge in [-0.1, -0.05) is 6.42 Å². The first-order valence-corrected chi connectivity index (χ1v) is 5.02. The van der Waals surface area contributed by atoms with Crippen LogP contribution in [-0.4, -0.2) is 47.3 Å². The molecule has 6 nitrogen and oxygen atoms in total. The number of hydrogen-bond donors (Lipinski definition) is 4. The van der Waals surface area contributed by atoms with Gasteiger partial charge in [-0.2, -0.15) is 0 Å². The topological polar surface area (TPSA) is 98.7 Å². The maximum absolute atomic E-state index is 11.5. The van der Waals surface area contributed by atoms with Gasteiger partial charge >= 0.3 is 5.97 Å². The summed E-state index contributed by atoms with van der Waals surface area (Å²) in [5.74, 6) is -1.57. The first-order chi connectivity index (χ1) is 7.15. The Labute approximate surface area is 87.7 Å². The predicted molar refractivity (Wildman–Crippen MR) is 52.3 cm³/mol. The van der Waals surface area contributed by atoms with Crippen LogP contribution < -0.4 is 10.6 Å². The molecule has 0 bridgehead atoms. The van der Waals surface area contributed by atoms with Gasteiger partial charge in [-0.25, -0.2) is 4.79 Å². The Bertz CT molecular complexity index is 238. The number of carbonyl (C=O) groups excluding carboxylic acids is 1. The first kappa shape index (κ1) is 11.9. The summed E-state index contributed by atoms with van der Waals surface area (Å²) in [5.41, 5.74) is 0.